The van der Waals surface area contributed by atoms with E-state index in [0.717, 1.165) is 11.3 Å². The van der Waals surface area contributed by atoms with Gasteiger partial charge in [0.15, 0.2) is 0 Å². The molecule has 0 amide bonds. The molecule has 0 saturated heterocycles. The van der Waals surface area contributed by atoms with Crippen molar-refractivity contribution in [1.29, 1.82) is 0 Å². The summed E-state index contributed by atoms with van der Waals surface area (Å²) in [5.41, 5.74) is 7.22. The molecule has 0 aliphatic heterocycles. The van der Waals surface area contributed by atoms with Gasteiger partial charge < -0.3 is 15.5 Å². The number of hydrogen-bond acceptors (Lipinski definition) is 5. The SMILES string of the molecule is Cc1ccc(Nc2nnc(CCN)o2)c(Cl)c1. The predicted molar refractivity (Wildman–Crippen MR) is 66.5 cm³/mol. The summed E-state index contributed by atoms with van der Waals surface area (Å²) in [5, 5.41) is 11.3. The molecule has 1 aromatic carbocycles. The van der Waals surface area contributed by atoms with Gasteiger partial charge in [0.25, 0.3) is 0 Å². The van der Waals surface area contributed by atoms with Crippen molar-refractivity contribution in [2.24, 2.45) is 5.73 Å². The van der Waals surface area contributed by atoms with Crippen molar-refractivity contribution in [3.05, 3.63) is 34.7 Å². The fourth-order valence-corrected chi connectivity index (χ4v) is 1.65. The quantitative estimate of drug-likeness (QED) is 0.873. The zero-order valence-electron chi connectivity index (χ0n) is 9.40. The minimum absolute atomic E-state index is 0.319. The van der Waals surface area contributed by atoms with E-state index in [1.54, 1.807) is 0 Å². The minimum atomic E-state index is 0.319. The van der Waals surface area contributed by atoms with E-state index in [1.807, 2.05) is 25.1 Å². The number of halogens is 1. The minimum Gasteiger partial charge on any atom is -0.408 e. The topological polar surface area (TPSA) is 77.0 Å². The molecule has 2 aromatic rings. The van der Waals surface area contributed by atoms with Gasteiger partial charge in [0.2, 0.25) is 5.89 Å². The molecule has 0 aliphatic carbocycles. The smallest absolute Gasteiger partial charge is 0.320 e. The van der Waals surface area contributed by atoms with E-state index < -0.39 is 0 Å². The molecule has 0 unspecified atom stereocenters. The van der Waals surface area contributed by atoms with E-state index in [9.17, 15) is 0 Å². The Balaban J connectivity index is 2.13. The highest BCUT2D eigenvalue weighted by atomic mass is 35.5. The van der Waals surface area contributed by atoms with Gasteiger partial charge in [-0.3, -0.25) is 0 Å². The lowest BCUT2D eigenvalue weighted by atomic mass is 10.2. The Bertz CT molecular complexity index is 512. The largest absolute Gasteiger partial charge is 0.408 e. The first-order valence-corrected chi connectivity index (χ1v) is 5.62. The molecule has 0 bridgehead atoms. The third-order valence-corrected chi connectivity index (χ3v) is 2.50. The number of nitrogens with zero attached hydrogens (tertiary/aromatic N) is 2. The molecule has 1 aromatic heterocycles. The van der Waals surface area contributed by atoms with Gasteiger partial charge in [-0.25, -0.2) is 0 Å². The monoisotopic (exact) mass is 252 g/mol. The first kappa shape index (κ1) is 11.9. The van der Waals surface area contributed by atoms with Gasteiger partial charge >= 0.3 is 6.01 Å². The second-order valence-electron chi connectivity index (χ2n) is 3.65. The standard InChI is InChI=1S/C11H13ClN4O/c1-7-2-3-9(8(12)6-7)14-11-16-15-10(17-11)4-5-13/h2-3,6H,4-5,13H2,1H3,(H,14,16). The van der Waals surface area contributed by atoms with E-state index in [1.165, 1.54) is 0 Å². The van der Waals surface area contributed by atoms with Crippen LogP contribution >= 0.6 is 11.6 Å². The molecule has 17 heavy (non-hydrogen) atoms. The van der Waals surface area contributed by atoms with Gasteiger partial charge in [0, 0.05) is 13.0 Å². The van der Waals surface area contributed by atoms with Gasteiger partial charge in [0.1, 0.15) is 0 Å². The molecule has 0 spiro atoms. The number of anilines is 2. The molecule has 90 valence electrons. The summed E-state index contributed by atoms with van der Waals surface area (Å²) in [6, 6.07) is 6.00. The molecule has 2 rings (SSSR count). The van der Waals surface area contributed by atoms with E-state index >= 15 is 0 Å². The summed E-state index contributed by atoms with van der Waals surface area (Å²) >= 11 is 6.08. The summed E-state index contributed by atoms with van der Waals surface area (Å²) < 4.78 is 5.34. The van der Waals surface area contributed by atoms with Gasteiger partial charge in [-0.05, 0) is 24.6 Å². The van der Waals surface area contributed by atoms with E-state index in [2.05, 4.69) is 15.5 Å². The van der Waals surface area contributed by atoms with Crippen LogP contribution in [0, 0.1) is 6.92 Å². The number of nitrogens with one attached hydrogen (secondary N) is 1. The van der Waals surface area contributed by atoms with Gasteiger partial charge in [0.05, 0.1) is 10.7 Å². The van der Waals surface area contributed by atoms with Crippen molar-refractivity contribution < 1.29 is 4.42 Å². The number of hydrogen-bond donors (Lipinski definition) is 2. The second-order valence-corrected chi connectivity index (χ2v) is 4.06. The van der Waals surface area contributed by atoms with Crippen molar-refractivity contribution in [1.82, 2.24) is 10.2 Å². The fraction of sp³-hybridized carbons (Fsp3) is 0.273. The van der Waals surface area contributed by atoms with Gasteiger partial charge in [-0.1, -0.05) is 22.8 Å². The zero-order valence-corrected chi connectivity index (χ0v) is 10.2. The highest BCUT2D eigenvalue weighted by molar-refractivity contribution is 6.33. The van der Waals surface area contributed by atoms with Crippen LogP contribution in [0.5, 0.6) is 0 Å². The first-order valence-electron chi connectivity index (χ1n) is 5.24. The maximum Gasteiger partial charge on any atom is 0.320 e. The normalized spacial score (nSPS) is 10.5. The first-order chi connectivity index (χ1) is 8.19. The maximum absolute atomic E-state index is 6.08. The van der Waals surface area contributed by atoms with Crippen LogP contribution in [0.4, 0.5) is 11.7 Å². The Kier molecular flexibility index (Phi) is 3.61. The molecular formula is C11H13ClN4O. The van der Waals surface area contributed by atoms with Crippen LogP contribution in [-0.2, 0) is 6.42 Å². The summed E-state index contributed by atoms with van der Waals surface area (Å²) in [5.74, 6) is 0.512. The third-order valence-electron chi connectivity index (χ3n) is 2.19. The van der Waals surface area contributed by atoms with E-state index in [4.69, 9.17) is 21.8 Å². The Morgan fingerprint density at radius 2 is 2.24 bits per heavy atom. The van der Waals surface area contributed by atoms with Crippen LogP contribution in [0.1, 0.15) is 11.5 Å². The van der Waals surface area contributed by atoms with Crippen LogP contribution in [0.25, 0.3) is 0 Å². The van der Waals surface area contributed by atoms with Crippen LogP contribution < -0.4 is 11.1 Å². The average molecular weight is 253 g/mol. The Hall–Kier alpha value is -1.59. The summed E-state index contributed by atoms with van der Waals surface area (Å²) in [4.78, 5) is 0. The van der Waals surface area contributed by atoms with Crippen molar-refractivity contribution in [3.63, 3.8) is 0 Å². The number of aryl methyl sites for hydroxylation is 1. The highest BCUT2D eigenvalue weighted by Gasteiger charge is 2.07. The second kappa shape index (κ2) is 5.16. The molecule has 0 radical (unpaired) electrons. The Labute approximate surface area is 104 Å². The predicted octanol–water partition coefficient (Wildman–Crippen LogP) is 2.28. The molecule has 3 N–H and O–H groups in total. The third kappa shape index (κ3) is 2.95. The summed E-state index contributed by atoms with van der Waals surface area (Å²) in [6.45, 7) is 2.45. The summed E-state index contributed by atoms with van der Waals surface area (Å²) in [6.07, 6.45) is 0.566. The van der Waals surface area contributed by atoms with Crippen LogP contribution in [0.3, 0.4) is 0 Å². The lowest BCUT2D eigenvalue weighted by Gasteiger charge is -2.04. The molecule has 0 atom stereocenters. The summed E-state index contributed by atoms with van der Waals surface area (Å²) in [7, 11) is 0. The molecule has 0 aliphatic rings. The zero-order chi connectivity index (χ0) is 12.3. The molecule has 0 fully saturated rings. The van der Waals surface area contributed by atoms with Crippen LogP contribution in [0.15, 0.2) is 22.6 Å². The van der Waals surface area contributed by atoms with E-state index in [-0.39, 0.29) is 0 Å². The lowest BCUT2D eigenvalue weighted by molar-refractivity contribution is 0.510. The number of nitrogens with two attached hydrogens (primary N) is 1. The molecule has 6 heteroatoms. The number of aromatic nitrogens is 2. The molecule has 0 saturated carbocycles. The van der Waals surface area contributed by atoms with Gasteiger partial charge in [-0.15, -0.1) is 5.10 Å². The van der Waals surface area contributed by atoms with Crippen LogP contribution in [0.2, 0.25) is 5.02 Å². The molecular weight excluding hydrogens is 240 g/mol. The fourth-order valence-electron chi connectivity index (χ4n) is 1.37. The van der Waals surface area contributed by atoms with Crippen molar-refractivity contribution >= 4 is 23.3 Å². The Morgan fingerprint density at radius 1 is 1.41 bits per heavy atom. The van der Waals surface area contributed by atoms with Gasteiger partial charge in [-0.2, -0.15) is 0 Å². The molecule has 5 nitrogen and oxygen atoms in total. The average Bonchev–Trinajstić information content (AvgIpc) is 2.71. The van der Waals surface area contributed by atoms with Crippen molar-refractivity contribution in [2.45, 2.75) is 13.3 Å². The lowest BCUT2D eigenvalue weighted by Crippen LogP contribution is -2.02. The van der Waals surface area contributed by atoms with E-state index in [0.29, 0.717) is 29.9 Å². The van der Waals surface area contributed by atoms with Crippen LogP contribution in [-0.4, -0.2) is 16.7 Å². The number of rotatable bonds is 4. The molecule has 1 heterocycles. The maximum atomic E-state index is 6.08. The number of benzene rings is 1. The Morgan fingerprint density at radius 3 is 2.94 bits per heavy atom. The highest BCUT2D eigenvalue weighted by Crippen LogP contribution is 2.25. The van der Waals surface area contributed by atoms with Crippen molar-refractivity contribution in [2.75, 3.05) is 11.9 Å². The van der Waals surface area contributed by atoms with Crippen molar-refractivity contribution in [3.8, 4) is 0 Å².